The molecule has 0 aliphatic heterocycles. The summed E-state index contributed by atoms with van der Waals surface area (Å²) in [6.45, 7) is 0. The van der Waals surface area contributed by atoms with E-state index in [2.05, 4.69) is 5.18 Å². The lowest BCUT2D eigenvalue weighted by Crippen LogP contribution is -2.48. The molecule has 0 spiro atoms. The summed E-state index contributed by atoms with van der Waals surface area (Å²) in [6, 6.07) is -1.02. The summed E-state index contributed by atoms with van der Waals surface area (Å²) < 4.78 is 0. The van der Waals surface area contributed by atoms with Crippen molar-refractivity contribution in [3.05, 3.63) is 4.91 Å². The highest BCUT2D eigenvalue weighted by molar-refractivity contribution is 5.77. The van der Waals surface area contributed by atoms with Crippen LogP contribution in [0.1, 0.15) is 19.3 Å². The first kappa shape index (κ1) is 10.1. The first-order chi connectivity index (χ1) is 5.99. The van der Waals surface area contributed by atoms with Gasteiger partial charge < -0.3 is 15.3 Å². The number of rotatable bonds is 2. The molecule has 6 nitrogen and oxygen atoms in total. The van der Waals surface area contributed by atoms with Crippen LogP contribution in [-0.2, 0) is 4.79 Å². The van der Waals surface area contributed by atoms with E-state index in [1.54, 1.807) is 0 Å². The summed E-state index contributed by atoms with van der Waals surface area (Å²) in [5.41, 5.74) is -1.90. The van der Waals surface area contributed by atoms with E-state index in [0.29, 0.717) is 0 Å². The third kappa shape index (κ3) is 1.84. The highest BCUT2D eigenvalue weighted by Gasteiger charge is 2.45. The van der Waals surface area contributed by atoms with Crippen molar-refractivity contribution in [2.75, 3.05) is 0 Å². The summed E-state index contributed by atoms with van der Waals surface area (Å²) in [4.78, 5) is 20.7. The minimum Gasteiger partial charge on any atom is -0.479 e. The van der Waals surface area contributed by atoms with E-state index >= 15 is 0 Å². The number of aliphatic hydroxyl groups is 2. The Morgan fingerprint density at radius 2 is 2.15 bits per heavy atom. The molecule has 13 heavy (non-hydrogen) atoms. The zero-order valence-electron chi connectivity index (χ0n) is 6.88. The third-order valence-electron chi connectivity index (χ3n) is 2.38. The van der Waals surface area contributed by atoms with Crippen LogP contribution in [0.2, 0.25) is 0 Å². The Morgan fingerprint density at radius 3 is 2.62 bits per heavy atom. The van der Waals surface area contributed by atoms with Gasteiger partial charge in [-0.2, -0.15) is 4.91 Å². The largest absolute Gasteiger partial charge is 0.479 e. The van der Waals surface area contributed by atoms with Crippen molar-refractivity contribution < 1.29 is 20.1 Å². The normalized spacial score (nSPS) is 39.8. The van der Waals surface area contributed by atoms with Crippen LogP contribution in [0.3, 0.4) is 0 Å². The molecule has 0 amide bonds. The van der Waals surface area contributed by atoms with Crippen LogP contribution in [0.4, 0.5) is 0 Å². The molecule has 1 saturated carbocycles. The quantitative estimate of drug-likeness (QED) is 0.507. The van der Waals surface area contributed by atoms with E-state index in [1.807, 2.05) is 0 Å². The van der Waals surface area contributed by atoms with Crippen molar-refractivity contribution >= 4 is 5.97 Å². The summed E-state index contributed by atoms with van der Waals surface area (Å²) in [5.74, 6) is -1.37. The molecule has 0 saturated heterocycles. The minimum atomic E-state index is -1.90. The second-order valence-corrected chi connectivity index (χ2v) is 3.32. The molecule has 1 aliphatic carbocycles. The van der Waals surface area contributed by atoms with Gasteiger partial charge >= 0.3 is 5.97 Å². The second kappa shape index (κ2) is 3.39. The Hall–Kier alpha value is -1.01. The smallest absolute Gasteiger partial charge is 0.335 e. The van der Waals surface area contributed by atoms with Gasteiger partial charge in [-0.25, -0.2) is 4.79 Å². The number of nitroso groups, excluding NO2 is 1. The van der Waals surface area contributed by atoms with Crippen LogP contribution >= 0.6 is 0 Å². The van der Waals surface area contributed by atoms with Crippen LogP contribution in [-0.4, -0.2) is 39.0 Å². The fourth-order valence-electron chi connectivity index (χ4n) is 1.46. The van der Waals surface area contributed by atoms with E-state index in [4.69, 9.17) is 5.11 Å². The molecule has 0 aromatic heterocycles. The molecule has 0 bridgehead atoms. The molecule has 6 heteroatoms. The van der Waals surface area contributed by atoms with Crippen molar-refractivity contribution in [1.82, 2.24) is 0 Å². The summed E-state index contributed by atoms with van der Waals surface area (Å²) in [7, 11) is 0. The van der Waals surface area contributed by atoms with Gasteiger partial charge in [0.15, 0.2) is 5.60 Å². The maximum atomic E-state index is 10.6. The molecular formula is C7H11NO5. The highest BCUT2D eigenvalue weighted by atomic mass is 16.4. The molecular weight excluding hydrogens is 178 g/mol. The van der Waals surface area contributed by atoms with Crippen LogP contribution < -0.4 is 0 Å². The molecule has 0 aromatic carbocycles. The van der Waals surface area contributed by atoms with E-state index in [-0.39, 0.29) is 19.3 Å². The van der Waals surface area contributed by atoms with E-state index in [0.717, 1.165) is 0 Å². The Balaban J connectivity index is 2.74. The van der Waals surface area contributed by atoms with Crippen molar-refractivity contribution in [3.8, 4) is 0 Å². The van der Waals surface area contributed by atoms with Gasteiger partial charge in [-0.15, -0.1) is 0 Å². The van der Waals surface area contributed by atoms with Crippen molar-refractivity contribution in [1.29, 1.82) is 0 Å². The fourth-order valence-corrected chi connectivity index (χ4v) is 1.46. The van der Waals surface area contributed by atoms with Crippen molar-refractivity contribution in [2.45, 2.75) is 37.0 Å². The van der Waals surface area contributed by atoms with Gasteiger partial charge in [0.05, 0.1) is 6.10 Å². The van der Waals surface area contributed by atoms with Gasteiger partial charge in [0.2, 0.25) is 0 Å². The minimum absolute atomic E-state index is 0.0461. The number of hydrogen-bond acceptors (Lipinski definition) is 5. The van der Waals surface area contributed by atoms with Gasteiger partial charge in [0.1, 0.15) is 6.04 Å². The molecule has 74 valence electrons. The standard InChI is InChI=1S/C7H11NO5/c9-5-1-2-7(12,6(10)11)3-4(5)8-13/h4-5,9,12H,1-3H2,(H,10,11)/t4-,5-,7+/m1/s1. The molecule has 0 heterocycles. The van der Waals surface area contributed by atoms with Gasteiger partial charge in [-0.3, -0.25) is 0 Å². The zero-order valence-corrected chi connectivity index (χ0v) is 6.88. The van der Waals surface area contributed by atoms with Gasteiger partial charge in [-0.05, 0) is 12.8 Å². The zero-order chi connectivity index (χ0) is 10.1. The molecule has 3 atom stereocenters. The Labute approximate surface area is 74.2 Å². The van der Waals surface area contributed by atoms with Gasteiger partial charge in [-0.1, -0.05) is 5.18 Å². The van der Waals surface area contributed by atoms with Crippen LogP contribution in [0, 0.1) is 4.91 Å². The average molecular weight is 189 g/mol. The van der Waals surface area contributed by atoms with E-state index < -0.39 is 23.7 Å². The number of nitrogens with zero attached hydrogens (tertiary/aromatic N) is 1. The SMILES string of the molecule is O=N[C@@H]1C[C@](O)(C(=O)O)CC[C@H]1O. The lowest BCUT2D eigenvalue weighted by molar-refractivity contribution is -0.164. The summed E-state index contributed by atoms with van der Waals surface area (Å²) in [6.07, 6.45) is -1.21. The molecule has 0 unspecified atom stereocenters. The highest BCUT2D eigenvalue weighted by Crippen LogP contribution is 2.30. The maximum absolute atomic E-state index is 10.6. The average Bonchev–Trinajstić information content (AvgIpc) is 2.09. The molecule has 3 N–H and O–H groups in total. The second-order valence-electron chi connectivity index (χ2n) is 3.32. The molecule has 1 rings (SSSR count). The van der Waals surface area contributed by atoms with E-state index in [1.165, 1.54) is 0 Å². The number of hydrogen-bond donors (Lipinski definition) is 3. The molecule has 1 fully saturated rings. The van der Waals surface area contributed by atoms with Crippen molar-refractivity contribution in [2.24, 2.45) is 5.18 Å². The van der Waals surface area contributed by atoms with Crippen LogP contribution in [0.15, 0.2) is 5.18 Å². The predicted molar refractivity (Wildman–Crippen MR) is 42.0 cm³/mol. The maximum Gasteiger partial charge on any atom is 0.335 e. The first-order valence-corrected chi connectivity index (χ1v) is 3.96. The summed E-state index contributed by atoms with van der Waals surface area (Å²) in [5, 5.41) is 29.8. The predicted octanol–water partition coefficient (Wildman–Crippen LogP) is -0.518. The lowest BCUT2D eigenvalue weighted by atomic mass is 9.80. The number of aliphatic hydroxyl groups excluding tert-OH is 1. The lowest BCUT2D eigenvalue weighted by Gasteiger charge is -2.33. The van der Waals surface area contributed by atoms with Crippen molar-refractivity contribution in [3.63, 3.8) is 0 Å². The fraction of sp³-hybridized carbons (Fsp3) is 0.857. The number of aliphatic carboxylic acids is 1. The Kier molecular flexibility index (Phi) is 2.63. The van der Waals surface area contributed by atoms with Gasteiger partial charge in [0, 0.05) is 6.42 Å². The molecule has 0 radical (unpaired) electrons. The topological polar surface area (TPSA) is 107 Å². The number of carbonyl (C=O) groups is 1. The Morgan fingerprint density at radius 1 is 1.54 bits per heavy atom. The van der Waals surface area contributed by atoms with Gasteiger partial charge in [0.25, 0.3) is 0 Å². The van der Waals surface area contributed by atoms with Crippen LogP contribution in [0.25, 0.3) is 0 Å². The molecule has 1 aliphatic rings. The number of carboxylic acids is 1. The molecule has 0 aromatic rings. The van der Waals surface area contributed by atoms with E-state index in [9.17, 15) is 19.9 Å². The van der Waals surface area contributed by atoms with Crippen LogP contribution in [0.5, 0.6) is 0 Å². The first-order valence-electron chi connectivity index (χ1n) is 3.96. The number of carboxylic acid groups (broad SMARTS) is 1. The monoisotopic (exact) mass is 189 g/mol. The third-order valence-corrected chi connectivity index (χ3v) is 2.38. The Bertz CT molecular complexity index is 231. The summed E-state index contributed by atoms with van der Waals surface area (Å²) >= 11 is 0.